The predicted octanol–water partition coefficient (Wildman–Crippen LogP) is 2.48. The third-order valence-electron chi connectivity index (χ3n) is 2.32. The second-order valence-corrected chi connectivity index (χ2v) is 5.20. The van der Waals surface area contributed by atoms with Crippen LogP contribution >= 0.6 is 0 Å². The first-order valence-electron chi connectivity index (χ1n) is 6.11. The van der Waals surface area contributed by atoms with Gasteiger partial charge in [-0.25, -0.2) is 4.79 Å². The van der Waals surface area contributed by atoms with E-state index in [1.54, 1.807) is 20.8 Å². The highest BCUT2D eigenvalue weighted by atomic mass is 16.6. The van der Waals surface area contributed by atoms with E-state index < -0.39 is 16.6 Å². The summed E-state index contributed by atoms with van der Waals surface area (Å²) < 4.78 is 5.11. The van der Waals surface area contributed by atoms with Crippen LogP contribution in [0.5, 0.6) is 0 Å². The lowest BCUT2D eigenvalue weighted by atomic mass is 10.1. The van der Waals surface area contributed by atoms with Crippen molar-refractivity contribution in [1.29, 1.82) is 0 Å². The highest BCUT2D eigenvalue weighted by Crippen LogP contribution is 2.23. The number of nitro groups is 1. The average molecular weight is 282 g/mol. The Morgan fingerprint density at radius 2 is 2.10 bits per heavy atom. The number of aliphatic hydroxyl groups excluding tert-OH is 1. The number of carbonyl (C=O) groups is 1. The molecule has 7 nitrogen and oxygen atoms in total. The summed E-state index contributed by atoms with van der Waals surface area (Å²) in [6.45, 7) is 5.02. The van der Waals surface area contributed by atoms with Gasteiger partial charge in [0.05, 0.1) is 4.92 Å². The first-order chi connectivity index (χ1) is 9.23. The van der Waals surface area contributed by atoms with Gasteiger partial charge >= 0.3 is 6.09 Å². The van der Waals surface area contributed by atoms with Gasteiger partial charge in [0.15, 0.2) is 0 Å². The normalized spacial score (nSPS) is 11.0. The van der Waals surface area contributed by atoms with Gasteiger partial charge in [0.2, 0.25) is 0 Å². The molecule has 0 fully saturated rings. The number of anilines is 1. The molecule has 0 unspecified atom stereocenters. The first kappa shape index (κ1) is 15.9. The number of nitro benzene ring substituents is 1. The minimum absolute atomic E-state index is 0.0943. The van der Waals surface area contributed by atoms with Gasteiger partial charge < -0.3 is 9.84 Å². The van der Waals surface area contributed by atoms with Gasteiger partial charge in [-0.15, -0.1) is 0 Å². The van der Waals surface area contributed by atoms with E-state index in [2.05, 4.69) is 5.32 Å². The minimum Gasteiger partial charge on any atom is -0.444 e. The zero-order valence-electron chi connectivity index (χ0n) is 11.7. The highest BCUT2D eigenvalue weighted by molar-refractivity contribution is 5.86. The second kappa shape index (κ2) is 6.33. The number of nitrogens with zero attached hydrogens (tertiary/aromatic N) is 1. The zero-order chi connectivity index (χ0) is 15.3. The van der Waals surface area contributed by atoms with Gasteiger partial charge in [-0.05, 0) is 38.8 Å². The number of nitrogens with one attached hydrogen (secondary N) is 1. The number of non-ortho nitro benzene ring substituents is 1. The van der Waals surface area contributed by atoms with Crippen LogP contribution in [0.25, 0.3) is 0 Å². The van der Waals surface area contributed by atoms with Gasteiger partial charge in [-0.2, -0.15) is 0 Å². The smallest absolute Gasteiger partial charge is 0.412 e. The van der Waals surface area contributed by atoms with Gasteiger partial charge in [-0.3, -0.25) is 15.4 Å². The Balaban J connectivity index is 2.94. The number of amides is 1. The third-order valence-corrected chi connectivity index (χ3v) is 2.32. The Morgan fingerprint density at radius 3 is 2.60 bits per heavy atom. The maximum Gasteiger partial charge on any atom is 0.412 e. The number of rotatable bonds is 4. The molecular weight excluding hydrogens is 264 g/mol. The summed E-state index contributed by atoms with van der Waals surface area (Å²) in [5.41, 5.74) is 0.136. The van der Waals surface area contributed by atoms with E-state index in [9.17, 15) is 14.9 Å². The molecule has 0 bridgehead atoms. The predicted molar refractivity (Wildman–Crippen MR) is 73.7 cm³/mol. The van der Waals surface area contributed by atoms with E-state index in [1.165, 1.54) is 18.2 Å². The van der Waals surface area contributed by atoms with E-state index in [0.29, 0.717) is 11.3 Å². The van der Waals surface area contributed by atoms with E-state index in [4.69, 9.17) is 9.84 Å². The standard InChI is InChI=1S/C13H18N2O5/c1-13(2,3)20-12(17)14-11-5-4-10(15(18)19)8-9(11)6-7-16/h4-5,8,16H,6-7H2,1-3H3,(H,14,17). The maximum absolute atomic E-state index is 11.7. The SMILES string of the molecule is CC(C)(C)OC(=O)Nc1ccc([N+](=O)[O-])cc1CCO. The second-order valence-electron chi connectivity index (χ2n) is 5.20. The summed E-state index contributed by atoms with van der Waals surface area (Å²) in [4.78, 5) is 21.9. The van der Waals surface area contributed by atoms with Crippen molar-refractivity contribution in [3.8, 4) is 0 Å². The fourth-order valence-corrected chi connectivity index (χ4v) is 1.56. The van der Waals surface area contributed by atoms with Gasteiger partial charge in [0.25, 0.3) is 5.69 Å². The Hall–Kier alpha value is -2.15. The lowest BCUT2D eigenvalue weighted by Gasteiger charge is -2.20. The van der Waals surface area contributed by atoms with Crippen LogP contribution in [-0.4, -0.2) is 28.3 Å². The zero-order valence-corrected chi connectivity index (χ0v) is 11.7. The fourth-order valence-electron chi connectivity index (χ4n) is 1.56. The minimum atomic E-state index is -0.648. The summed E-state index contributed by atoms with van der Waals surface area (Å²) >= 11 is 0. The summed E-state index contributed by atoms with van der Waals surface area (Å²) in [6.07, 6.45) is -0.446. The summed E-state index contributed by atoms with van der Waals surface area (Å²) in [5.74, 6) is 0. The number of benzene rings is 1. The number of ether oxygens (including phenoxy) is 1. The van der Waals surface area contributed by atoms with Gasteiger partial charge in [-0.1, -0.05) is 0 Å². The van der Waals surface area contributed by atoms with Crippen LogP contribution in [0.4, 0.5) is 16.2 Å². The lowest BCUT2D eigenvalue weighted by molar-refractivity contribution is -0.384. The summed E-state index contributed by atoms with van der Waals surface area (Å²) in [7, 11) is 0. The molecule has 1 rings (SSSR count). The molecular formula is C13H18N2O5. The molecule has 0 aromatic heterocycles. The fraction of sp³-hybridized carbons (Fsp3) is 0.462. The molecule has 0 aliphatic rings. The molecule has 7 heteroatoms. The van der Waals surface area contributed by atoms with Crippen molar-refractivity contribution < 1.29 is 19.6 Å². The Morgan fingerprint density at radius 1 is 1.45 bits per heavy atom. The van der Waals surface area contributed by atoms with Crippen molar-refractivity contribution in [3.05, 3.63) is 33.9 Å². The molecule has 1 amide bonds. The number of hydrogen-bond donors (Lipinski definition) is 2. The van der Waals surface area contributed by atoms with Crippen molar-refractivity contribution in [1.82, 2.24) is 0 Å². The molecule has 0 aliphatic heterocycles. The van der Waals surface area contributed by atoms with Crippen molar-refractivity contribution in [3.63, 3.8) is 0 Å². The quantitative estimate of drug-likeness (QED) is 0.652. The Kier molecular flexibility index (Phi) is 5.04. The molecule has 1 aromatic rings. The Labute approximate surface area is 116 Å². The van der Waals surface area contributed by atoms with Crippen molar-refractivity contribution in [2.45, 2.75) is 32.8 Å². The monoisotopic (exact) mass is 282 g/mol. The molecule has 0 heterocycles. The molecule has 0 saturated heterocycles. The first-order valence-corrected chi connectivity index (χ1v) is 6.11. The van der Waals surface area contributed by atoms with Crippen LogP contribution in [0.1, 0.15) is 26.3 Å². The molecule has 2 N–H and O–H groups in total. The van der Waals surface area contributed by atoms with Crippen LogP contribution in [0.15, 0.2) is 18.2 Å². The molecule has 0 aliphatic carbocycles. The average Bonchev–Trinajstić information content (AvgIpc) is 2.28. The van der Waals surface area contributed by atoms with Crippen LogP contribution in [-0.2, 0) is 11.2 Å². The largest absolute Gasteiger partial charge is 0.444 e. The molecule has 0 saturated carbocycles. The Bertz CT molecular complexity index is 508. The van der Waals surface area contributed by atoms with Crippen molar-refractivity contribution in [2.75, 3.05) is 11.9 Å². The highest BCUT2D eigenvalue weighted by Gasteiger charge is 2.18. The van der Waals surface area contributed by atoms with E-state index >= 15 is 0 Å². The van der Waals surface area contributed by atoms with Crippen LogP contribution in [0.3, 0.4) is 0 Å². The van der Waals surface area contributed by atoms with Gasteiger partial charge in [0, 0.05) is 24.4 Å². The molecule has 0 spiro atoms. The molecule has 20 heavy (non-hydrogen) atoms. The van der Waals surface area contributed by atoms with Crippen LogP contribution in [0, 0.1) is 10.1 Å². The number of aliphatic hydroxyl groups is 1. The number of carbonyl (C=O) groups excluding carboxylic acids is 1. The molecule has 0 radical (unpaired) electrons. The lowest BCUT2D eigenvalue weighted by Crippen LogP contribution is -2.27. The van der Waals surface area contributed by atoms with Crippen LogP contribution in [0.2, 0.25) is 0 Å². The maximum atomic E-state index is 11.7. The molecule has 1 aromatic carbocycles. The molecule has 110 valence electrons. The van der Waals surface area contributed by atoms with Crippen molar-refractivity contribution >= 4 is 17.5 Å². The number of hydrogen-bond acceptors (Lipinski definition) is 5. The van der Waals surface area contributed by atoms with Crippen LogP contribution < -0.4 is 5.32 Å². The summed E-state index contributed by atoms with van der Waals surface area (Å²) in [6, 6.07) is 4.03. The van der Waals surface area contributed by atoms with Gasteiger partial charge in [0.1, 0.15) is 5.60 Å². The van der Waals surface area contributed by atoms with E-state index in [-0.39, 0.29) is 18.7 Å². The van der Waals surface area contributed by atoms with Crippen molar-refractivity contribution in [2.24, 2.45) is 0 Å². The van der Waals surface area contributed by atoms with E-state index in [1.807, 2.05) is 0 Å². The third kappa shape index (κ3) is 4.85. The van der Waals surface area contributed by atoms with E-state index in [0.717, 1.165) is 0 Å². The summed E-state index contributed by atoms with van der Waals surface area (Å²) in [5, 5.41) is 22.2. The molecule has 0 atom stereocenters. The topological polar surface area (TPSA) is 102 Å².